The molecule has 1 heterocycles. The van der Waals surface area contributed by atoms with Crippen molar-refractivity contribution in [3.63, 3.8) is 0 Å². The first-order chi connectivity index (χ1) is 10.0. The average molecular weight is 324 g/mol. The Bertz CT molecular complexity index is 529. The molecule has 2 N–H and O–H groups in total. The van der Waals surface area contributed by atoms with Gasteiger partial charge in [-0.25, -0.2) is 9.97 Å². The zero-order chi connectivity index (χ0) is 17.0. The monoisotopic (exact) mass is 324 g/mol. The molecule has 0 aromatic carbocycles. The van der Waals surface area contributed by atoms with Gasteiger partial charge in [-0.3, -0.25) is 20.4 Å². The van der Waals surface area contributed by atoms with E-state index in [1.165, 1.54) is 12.4 Å². The molecule has 1 aromatic heterocycles. The lowest BCUT2D eigenvalue weighted by Gasteiger charge is -2.37. The molecule has 0 unspecified atom stereocenters. The van der Waals surface area contributed by atoms with Gasteiger partial charge in [0.2, 0.25) is 5.82 Å². The van der Waals surface area contributed by atoms with Crippen molar-refractivity contribution in [2.45, 2.75) is 51.9 Å². The van der Waals surface area contributed by atoms with E-state index in [0.29, 0.717) is 0 Å². The second-order valence-electron chi connectivity index (χ2n) is 6.54. The summed E-state index contributed by atoms with van der Waals surface area (Å²) in [6.45, 7) is 12.1. The van der Waals surface area contributed by atoms with Crippen molar-refractivity contribution < 1.29 is 14.0 Å². The first-order valence-electron chi connectivity index (χ1n) is 7.09. The number of carbonyl (C=O) groups is 2. The van der Waals surface area contributed by atoms with Gasteiger partial charge in [0.1, 0.15) is 6.10 Å². The molecule has 2 amide bonds. The van der Waals surface area contributed by atoms with Gasteiger partial charge in [-0.1, -0.05) is 20.8 Å². The molecule has 0 fully saturated rings. The molecule has 0 aliphatic carbocycles. The zero-order valence-electron chi connectivity index (χ0n) is 13.9. The molecular weight excluding hydrogens is 300 g/mol. The Morgan fingerprint density at radius 1 is 1.18 bits per heavy atom. The highest BCUT2D eigenvalue weighted by Gasteiger charge is 2.39. The smallest absolute Gasteiger partial charge is 0.307 e. The fourth-order valence-corrected chi connectivity index (χ4v) is 2.71. The van der Waals surface area contributed by atoms with E-state index in [0.717, 1.165) is 0 Å². The molecule has 0 saturated carbocycles. The second kappa shape index (κ2) is 6.97. The van der Waals surface area contributed by atoms with Crippen LogP contribution in [-0.4, -0.2) is 36.2 Å². The fraction of sp³-hybridized carbons (Fsp3) is 0.571. The third-order valence-electron chi connectivity index (χ3n) is 3.71. The SMILES string of the molecule is C[C@@H](O[Si](C)(C)C(C)(C)C)C(=O)NNC(=O)c1ncccn1. The molecule has 0 aliphatic heterocycles. The quantitative estimate of drug-likeness (QED) is 0.649. The summed E-state index contributed by atoms with van der Waals surface area (Å²) in [7, 11) is -2.05. The van der Waals surface area contributed by atoms with Gasteiger partial charge in [0.25, 0.3) is 5.91 Å². The van der Waals surface area contributed by atoms with Crippen LogP contribution in [0.4, 0.5) is 0 Å². The van der Waals surface area contributed by atoms with Crippen molar-refractivity contribution in [1.82, 2.24) is 20.8 Å². The highest BCUT2D eigenvalue weighted by atomic mass is 28.4. The van der Waals surface area contributed by atoms with Gasteiger partial charge in [-0.2, -0.15) is 0 Å². The summed E-state index contributed by atoms with van der Waals surface area (Å²) in [5.41, 5.74) is 4.61. The van der Waals surface area contributed by atoms with E-state index in [-0.39, 0.29) is 10.9 Å². The molecule has 0 saturated heterocycles. The molecule has 8 heteroatoms. The molecule has 22 heavy (non-hydrogen) atoms. The van der Waals surface area contributed by atoms with Gasteiger partial charge in [-0.05, 0) is 31.1 Å². The van der Waals surface area contributed by atoms with E-state index in [2.05, 4.69) is 54.7 Å². The highest BCUT2D eigenvalue weighted by Crippen LogP contribution is 2.37. The number of nitrogens with one attached hydrogen (secondary N) is 2. The van der Waals surface area contributed by atoms with Crippen LogP contribution in [-0.2, 0) is 9.22 Å². The van der Waals surface area contributed by atoms with E-state index in [1.54, 1.807) is 13.0 Å². The molecule has 0 spiro atoms. The van der Waals surface area contributed by atoms with Gasteiger partial charge in [0.15, 0.2) is 8.32 Å². The molecule has 0 bridgehead atoms. The summed E-state index contributed by atoms with van der Waals surface area (Å²) in [4.78, 5) is 31.3. The van der Waals surface area contributed by atoms with Crippen LogP contribution in [0.3, 0.4) is 0 Å². The van der Waals surface area contributed by atoms with Crippen molar-refractivity contribution in [2.75, 3.05) is 0 Å². The molecule has 7 nitrogen and oxygen atoms in total. The number of hydrogen-bond acceptors (Lipinski definition) is 5. The van der Waals surface area contributed by atoms with Crippen LogP contribution in [0, 0.1) is 0 Å². The maximum absolute atomic E-state index is 12.0. The van der Waals surface area contributed by atoms with E-state index in [4.69, 9.17) is 4.43 Å². The Morgan fingerprint density at radius 2 is 1.73 bits per heavy atom. The number of hydrogen-bond donors (Lipinski definition) is 2. The standard InChI is InChI=1S/C14H24N4O3Si/c1-10(21-22(5,6)14(2,3)4)12(19)17-18-13(20)11-15-8-7-9-16-11/h7-10H,1-6H3,(H,17,19)(H,18,20)/t10-/m1/s1. The lowest BCUT2D eigenvalue weighted by Crippen LogP contribution is -2.51. The van der Waals surface area contributed by atoms with E-state index >= 15 is 0 Å². The average Bonchev–Trinajstić information content (AvgIpc) is 2.43. The van der Waals surface area contributed by atoms with Crippen LogP contribution in [0.5, 0.6) is 0 Å². The third kappa shape index (κ3) is 4.88. The molecule has 0 aliphatic rings. The summed E-state index contributed by atoms with van der Waals surface area (Å²) in [5.74, 6) is -0.997. The maximum atomic E-state index is 12.0. The van der Waals surface area contributed by atoms with Crippen molar-refractivity contribution in [3.8, 4) is 0 Å². The van der Waals surface area contributed by atoms with E-state index in [9.17, 15) is 9.59 Å². The lowest BCUT2D eigenvalue weighted by atomic mass is 10.2. The molecule has 1 rings (SSSR count). The normalized spacial score (nSPS) is 13.4. The van der Waals surface area contributed by atoms with Crippen LogP contribution in [0.2, 0.25) is 18.1 Å². The summed E-state index contributed by atoms with van der Waals surface area (Å²) in [6, 6.07) is 1.60. The topological polar surface area (TPSA) is 93.2 Å². The first-order valence-corrected chi connectivity index (χ1v) is 10.0. The van der Waals surface area contributed by atoms with Crippen LogP contribution < -0.4 is 10.9 Å². The van der Waals surface area contributed by atoms with Gasteiger partial charge < -0.3 is 4.43 Å². The molecule has 0 radical (unpaired) electrons. The van der Waals surface area contributed by atoms with Gasteiger partial charge in [0, 0.05) is 12.4 Å². The summed E-state index contributed by atoms with van der Waals surface area (Å²) in [6.07, 6.45) is 2.25. The van der Waals surface area contributed by atoms with E-state index in [1.807, 2.05) is 0 Å². The number of aromatic nitrogens is 2. The predicted molar refractivity (Wildman–Crippen MR) is 85.4 cm³/mol. The van der Waals surface area contributed by atoms with Crippen LogP contribution >= 0.6 is 0 Å². The van der Waals surface area contributed by atoms with Crippen LogP contribution in [0.15, 0.2) is 18.5 Å². The molecule has 122 valence electrons. The number of hydrazine groups is 1. The minimum absolute atomic E-state index is 0.00265. The summed E-state index contributed by atoms with van der Waals surface area (Å²) < 4.78 is 5.95. The molecular formula is C14H24N4O3Si. The lowest BCUT2D eigenvalue weighted by molar-refractivity contribution is -0.128. The van der Waals surface area contributed by atoms with Gasteiger partial charge in [-0.15, -0.1) is 0 Å². The van der Waals surface area contributed by atoms with Gasteiger partial charge >= 0.3 is 5.91 Å². The van der Waals surface area contributed by atoms with Gasteiger partial charge in [0.05, 0.1) is 0 Å². The Kier molecular flexibility index (Phi) is 5.78. The minimum atomic E-state index is -2.05. The summed E-state index contributed by atoms with van der Waals surface area (Å²) >= 11 is 0. The predicted octanol–water partition coefficient (Wildman–Crippen LogP) is 1.65. The largest absolute Gasteiger partial charge is 0.405 e. The van der Waals surface area contributed by atoms with E-state index < -0.39 is 26.2 Å². The number of carbonyl (C=O) groups excluding carboxylic acids is 2. The zero-order valence-corrected chi connectivity index (χ0v) is 14.9. The van der Waals surface area contributed by atoms with Crippen molar-refractivity contribution in [3.05, 3.63) is 24.3 Å². The molecule has 1 aromatic rings. The van der Waals surface area contributed by atoms with Crippen molar-refractivity contribution in [2.24, 2.45) is 0 Å². The third-order valence-corrected chi connectivity index (χ3v) is 8.27. The molecule has 1 atom stereocenters. The van der Waals surface area contributed by atoms with Crippen molar-refractivity contribution >= 4 is 20.1 Å². The van der Waals surface area contributed by atoms with Crippen LogP contribution in [0.1, 0.15) is 38.3 Å². The second-order valence-corrected chi connectivity index (χ2v) is 11.3. The number of amides is 2. The minimum Gasteiger partial charge on any atom is -0.405 e. The Hall–Kier alpha value is -1.80. The summed E-state index contributed by atoms with van der Waals surface area (Å²) in [5, 5.41) is 0.00265. The Balaban J connectivity index is 2.54. The Labute approximate surface area is 132 Å². The van der Waals surface area contributed by atoms with Crippen LogP contribution in [0.25, 0.3) is 0 Å². The maximum Gasteiger partial charge on any atom is 0.307 e. The highest BCUT2D eigenvalue weighted by molar-refractivity contribution is 6.74. The Morgan fingerprint density at radius 3 is 2.23 bits per heavy atom. The number of rotatable bonds is 4. The first kappa shape index (κ1) is 18.2. The fourth-order valence-electron chi connectivity index (χ4n) is 1.36. The number of nitrogens with zero attached hydrogens (tertiary/aromatic N) is 2. The van der Waals surface area contributed by atoms with Crippen molar-refractivity contribution in [1.29, 1.82) is 0 Å².